The van der Waals surface area contributed by atoms with Crippen molar-refractivity contribution in [1.29, 1.82) is 0 Å². The van der Waals surface area contributed by atoms with Crippen molar-refractivity contribution in [3.05, 3.63) is 45.5 Å². The minimum Gasteiger partial charge on any atom is -0.496 e. The van der Waals surface area contributed by atoms with Crippen LogP contribution in [-0.2, 0) is 6.54 Å². The van der Waals surface area contributed by atoms with Crippen molar-refractivity contribution in [3.8, 4) is 17.2 Å². The van der Waals surface area contributed by atoms with E-state index in [2.05, 4.69) is 46.6 Å². The van der Waals surface area contributed by atoms with Gasteiger partial charge in [-0.15, -0.1) is 24.8 Å². The van der Waals surface area contributed by atoms with Crippen LogP contribution in [0.5, 0.6) is 17.2 Å². The minimum atomic E-state index is 0. The molecule has 0 unspecified atom stereocenters. The SMILES string of the molecule is COc1c(C)c(C)c(OC)c(CN(C)CCOc2cc(C)c(N)cc2C(C)C)c1C.Cl.Cl. The van der Waals surface area contributed by atoms with Gasteiger partial charge in [-0.2, -0.15) is 0 Å². The average Bonchev–Trinajstić information content (AvgIpc) is 2.69. The van der Waals surface area contributed by atoms with E-state index in [4.69, 9.17) is 19.9 Å². The van der Waals surface area contributed by atoms with Gasteiger partial charge in [0.25, 0.3) is 0 Å². The number of halogens is 2. The van der Waals surface area contributed by atoms with Crippen LogP contribution in [0.1, 0.15) is 53.1 Å². The maximum Gasteiger partial charge on any atom is 0.127 e. The Morgan fingerprint density at radius 1 is 0.906 bits per heavy atom. The Morgan fingerprint density at radius 2 is 1.47 bits per heavy atom. The molecule has 0 spiro atoms. The fraction of sp³-hybridized carbons (Fsp3) is 0.520. The Labute approximate surface area is 206 Å². The molecule has 0 saturated heterocycles. The smallest absolute Gasteiger partial charge is 0.127 e. The highest BCUT2D eigenvalue weighted by Gasteiger charge is 2.20. The predicted molar refractivity (Wildman–Crippen MR) is 140 cm³/mol. The Kier molecular flexibility index (Phi) is 12.3. The molecule has 2 N–H and O–H groups in total. The lowest BCUT2D eigenvalue weighted by Gasteiger charge is -2.24. The molecular formula is C25H40Cl2N2O3. The van der Waals surface area contributed by atoms with Gasteiger partial charge in [-0.3, -0.25) is 4.90 Å². The number of likely N-dealkylation sites (N-methyl/N-ethyl adjacent to an activating group) is 1. The molecule has 0 saturated carbocycles. The van der Waals surface area contributed by atoms with Gasteiger partial charge in [-0.05, 0) is 80.6 Å². The second-order valence-electron chi connectivity index (χ2n) is 8.41. The highest BCUT2D eigenvalue weighted by atomic mass is 35.5. The molecule has 2 aromatic rings. The second-order valence-corrected chi connectivity index (χ2v) is 8.41. The average molecular weight is 488 g/mol. The summed E-state index contributed by atoms with van der Waals surface area (Å²) in [7, 11) is 5.56. The summed E-state index contributed by atoms with van der Waals surface area (Å²) < 4.78 is 17.6. The van der Waals surface area contributed by atoms with Crippen LogP contribution in [-0.4, -0.2) is 39.3 Å². The summed E-state index contributed by atoms with van der Waals surface area (Å²) in [6.45, 7) is 14.7. The molecule has 2 rings (SSSR count). The number of aryl methyl sites for hydroxylation is 1. The van der Waals surface area contributed by atoms with Crippen LogP contribution in [0.4, 0.5) is 5.69 Å². The van der Waals surface area contributed by atoms with Crippen LogP contribution in [0.15, 0.2) is 12.1 Å². The van der Waals surface area contributed by atoms with Crippen molar-refractivity contribution >= 4 is 30.5 Å². The third-order valence-corrected chi connectivity index (χ3v) is 5.90. The first-order chi connectivity index (χ1) is 14.1. The Balaban J connectivity index is 0.00000480. The van der Waals surface area contributed by atoms with E-state index < -0.39 is 0 Å². The molecule has 0 radical (unpaired) electrons. The summed E-state index contributed by atoms with van der Waals surface area (Å²) in [5.41, 5.74) is 13.6. The van der Waals surface area contributed by atoms with Gasteiger partial charge in [0.2, 0.25) is 0 Å². The monoisotopic (exact) mass is 486 g/mol. The molecule has 0 atom stereocenters. The highest BCUT2D eigenvalue weighted by molar-refractivity contribution is 5.85. The molecule has 0 heterocycles. The number of nitrogens with two attached hydrogens (primary N) is 1. The van der Waals surface area contributed by atoms with Crippen LogP contribution in [0.25, 0.3) is 0 Å². The van der Waals surface area contributed by atoms with Crippen molar-refractivity contribution in [2.24, 2.45) is 0 Å². The molecule has 32 heavy (non-hydrogen) atoms. The lowest BCUT2D eigenvalue weighted by molar-refractivity contribution is 0.228. The molecule has 0 amide bonds. The largest absolute Gasteiger partial charge is 0.496 e. The first-order valence-electron chi connectivity index (χ1n) is 10.5. The quantitative estimate of drug-likeness (QED) is 0.440. The van der Waals surface area contributed by atoms with Gasteiger partial charge in [0.15, 0.2) is 0 Å². The van der Waals surface area contributed by atoms with Crippen LogP contribution in [0.3, 0.4) is 0 Å². The Morgan fingerprint density at radius 3 is 2.00 bits per heavy atom. The van der Waals surface area contributed by atoms with Gasteiger partial charge in [-0.25, -0.2) is 0 Å². The Bertz CT molecular complexity index is 902. The molecule has 0 aliphatic heterocycles. The summed E-state index contributed by atoms with van der Waals surface area (Å²) >= 11 is 0. The summed E-state index contributed by atoms with van der Waals surface area (Å²) in [6.07, 6.45) is 0. The zero-order valence-electron chi connectivity index (χ0n) is 20.9. The van der Waals surface area contributed by atoms with Crippen molar-refractivity contribution in [2.45, 2.75) is 54.0 Å². The van der Waals surface area contributed by atoms with E-state index in [1.165, 1.54) is 0 Å². The zero-order valence-corrected chi connectivity index (χ0v) is 22.6. The maximum atomic E-state index is 6.16. The number of anilines is 1. The van der Waals surface area contributed by atoms with E-state index >= 15 is 0 Å². The van der Waals surface area contributed by atoms with Crippen LogP contribution in [0, 0.1) is 27.7 Å². The standard InChI is InChI=1S/C25H38N2O3.2ClH/c1-15(2)20-13-22(26)16(3)12-23(20)30-11-10-27(7)14-21-19(6)24(28-8)17(4)18(5)25(21)29-9;;/h12-13,15H,10-11,14,26H2,1-9H3;2*1H. The fourth-order valence-corrected chi connectivity index (χ4v) is 3.88. The summed E-state index contributed by atoms with van der Waals surface area (Å²) in [5.74, 6) is 3.16. The molecule has 5 nitrogen and oxygen atoms in total. The number of hydrogen-bond donors (Lipinski definition) is 1. The molecule has 0 aromatic heterocycles. The first-order valence-corrected chi connectivity index (χ1v) is 10.5. The van der Waals surface area contributed by atoms with E-state index in [-0.39, 0.29) is 24.8 Å². The van der Waals surface area contributed by atoms with Crippen molar-refractivity contribution < 1.29 is 14.2 Å². The molecule has 0 aliphatic rings. The lowest BCUT2D eigenvalue weighted by Crippen LogP contribution is -2.25. The van der Waals surface area contributed by atoms with E-state index in [1.54, 1.807) is 14.2 Å². The zero-order chi connectivity index (χ0) is 22.6. The van der Waals surface area contributed by atoms with Gasteiger partial charge < -0.3 is 19.9 Å². The topological polar surface area (TPSA) is 57.0 Å². The highest BCUT2D eigenvalue weighted by Crippen LogP contribution is 2.38. The number of hydrogen-bond acceptors (Lipinski definition) is 5. The number of rotatable bonds is 9. The number of ether oxygens (including phenoxy) is 3. The van der Waals surface area contributed by atoms with Crippen molar-refractivity contribution in [1.82, 2.24) is 4.90 Å². The summed E-state index contributed by atoms with van der Waals surface area (Å²) in [4.78, 5) is 2.25. The van der Waals surface area contributed by atoms with Gasteiger partial charge in [0, 0.05) is 24.3 Å². The normalized spacial score (nSPS) is 10.6. The fourth-order valence-electron chi connectivity index (χ4n) is 3.88. The molecule has 0 fully saturated rings. The third-order valence-electron chi connectivity index (χ3n) is 5.90. The minimum absolute atomic E-state index is 0. The Hall–Kier alpha value is -1.82. The number of benzene rings is 2. The van der Waals surface area contributed by atoms with E-state index in [9.17, 15) is 0 Å². The van der Waals surface area contributed by atoms with Crippen LogP contribution < -0.4 is 19.9 Å². The number of nitrogen functional groups attached to an aromatic ring is 1. The molecule has 182 valence electrons. The third kappa shape index (κ3) is 6.60. The first kappa shape index (κ1) is 30.2. The van der Waals surface area contributed by atoms with Crippen LogP contribution >= 0.6 is 24.8 Å². The van der Waals surface area contributed by atoms with Gasteiger partial charge in [0.1, 0.15) is 23.9 Å². The number of nitrogens with zero attached hydrogens (tertiary/aromatic N) is 1. The van der Waals surface area contributed by atoms with Gasteiger partial charge in [-0.1, -0.05) is 13.8 Å². The van der Waals surface area contributed by atoms with E-state index in [1.807, 2.05) is 19.1 Å². The summed E-state index contributed by atoms with van der Waals surface area (Å²) in [5, 5.41) is 0. The van der Waals surface area contributed by atoms with Gasteiger partial charge in [0.05, 0.1) is 14.2 Å². The molecule has 0 bridgehead atoms. The molecular weight excluding hydrogens is 447 g/mol. The number of methoxy groups -OCH3 is 2. The van der Waals surface area contributed by atoms with E-state index in [0.717, 1.165) is 69.4 Å². The summed E-state index contributed by atoms with van der Waals surface area (Å²) in [6, 6.07) is 4.08. The molecule has 0 aliphatic carbocycles. The maximum absolute atomic E-state index is 6.16. The van der Waals surface area contributed by atoms with Crippen molar-refractivity contribution in [3.63, 3.8) is 0 Å². The lowest BCUT2D eigenvalue weighted by atomic mass is 9.97. The molecule has 7 heteroatoms. The van der Waals surface area contributed by atoms with Crippen molar-refractivity contribution in [2.75, 3.05) is 40.2 Å². The molecule has 2 aromatic carbocycles. The van der Waals surface area contributed by atoms with Crippen LogP contribution in [0.2, 0.25) is 0 Å². The van der Waals surface area contributed by atoms with E-state index in [0.29, 0.717) is 12.5 Å². The predicted octanol–water partition coefficient (Wildman–Crippen LogP) is 6.00. The van der Waals surface area contributed by atoms with Gasteiger partial charge >= 0.3 is 0 Å². The second kappa shape index (κ2) is 13.0.